The number of nitrogens with one attached hydrogen (secondary N) is 2. The lowest BCUT2D eigenvalue weighted by Crippen LogP contribution is -2.37. The van der Waals surface area contributed by atoms with Crippen molar-refractivity contribution >= 4 is 40.9 Å². The van der Waals surface area contributed by atoms with E-state index >= 15 is 0 Å². The van der Waals surface area contributed by atoms with E-state index in [1.54, 1.807) is 18.3 Å². The zero-order valence-electron chi connectivity index (χ0n) is 15.6. The van der Waals surface area contributed by atoms with Gasteiger partial charge in [-0.05, 0) is 29.8 Å². The standard InChI is InChI=1S/C21H19ClN4O2S/c1-26-11-10-23-20(26)19(13-6-8-14(22)9-7-13)25-18(27)12-17-21(28)24-15-4-2-3-5-16(15)29-17/h2-11,17,19H,12H2,1H3,(H,24,28)(H,25,27). The van der Waals surface area contributed by atoms with Crippen molar-refractivity contribution in [3.05, 3.63) is 77.3 Å². The number of carbonyl (C=O) groups excluding carboxylic acids is 2. The van der Waals surface area contributed by atoms with Crippen LogP contribution in [0.25, 0.3) is 0 Å². The summed E-state index contributed by atoms with van der Waals surface area (Å²) in [6.07, 6.45) is 3.58. The third kappa shape index (κ3) is 4.31. The Hall–Kier alpha value is -2.77. The van der Waals surface area contributed by atoms with Crippen molar-refractivity contribution in [3.8, 4) is 0 Å². The molecule has 148 valence electrons. The molecule has 1 aromatic heterocycles. The SMILES string of the molecule is Cn1ccnc1C(NC(=O)CC1Sc2ccccc2NC1=O)c1ccc(Cl)cc1. The molecule has 0 spiro atoms. The average molecular weight is 427 g/mol. The number of halogens is 1. The quantitative estimate of drug-likeness (QED) is 0.651. The molecule has 29 heavy (non-hydrogen) atoms. The predicted molar refractivity (Wildman–Crippen MR) is 114 cm³/mol. The second kappa shape index (κ2) is 8.31. The number of benzene rings is 2. The molecule has 2 unspecified atom stereocenters. The molecular formula is C21H19ClN4O2S. The second-order valence-electron chi connectivity index (χ2n) is 6.74. The summed E-state index contributed by atoms with van der Waals surface area (Å²) in [4.78, 5) is 30.6. The van der Waals surface area contributed by atoms with E-state index in [9.17, 15) is 9.59 Å². The molecule has 8 heteroatoms. The first-order valence-corrected chi connectivity index (χ1v) is 10.4. The summed E-state index contributed by atoms with van der Waals surface area (Å²) in [5.41, 5.74) is 1.65. The van der Waals surface area contributed by atoms with Gasteiger partial charge < -0.3 is 15.2 Å². The highest BCUT2D eigenvalue weighted by Crippen LogP contribution is 2.36. The Morgan fingerprint density at radius 3 is 2.76 bits per heavy atom. The maximum absolute atomic E-state index is 12.9. The third-order valence-corrected chi connectivity index (χ3v) is 6.23. The Kier molecular flexibility index (Phi) is 5.60. The molecule has 3 aromatic rings. The molecule has 4 rings (SSSR count). The first kappa shape index (κ1) is 19.5. The van der Waals surface area contributed by atoms with Crippen LogP contribution in [0.5, 0.6) is 0 Å². The molecule has 2 aromatic carbocycles. The first-order chi connectivity index (χ1) is 14.0. The molecule has 0 aliphatic carbocycles. The van der Waals surface area contributed by atoms with Crippen LogP contribution in [0.3, 0.4) is 0 Å². The lowest BCUT2D eigenvalue weighted by atomic mass is 10.1. The van der Waals surface area contributed by atoms with E-state index in [0.29, 0.717) is 10.8 Å². The molecule has 0 saturated carbocycles. The fourth-order valence-electron chi connectivity index (χ4n) is 3.22. The maximum Gasteiger partial charge on any atom is 0.238 e. The second-order valence-corrected chi connectivity index (χ2v) is 8.43. The highest BCUT2D eigenvalue weighted by Gasteiger charge is 2.30. The third-order valence-electron chi connectivity index (χ3n) is 4.70. The van der Waals surface area contributed by atoms with Gasteiger partial charge in [-0.25, -0.2) is 4.98 Å². The van der Waals surface area contributed by atoms with Crippen molar-refractivity contribution in [2.24, 2.45) is 7.05 Å². The van der Waals surface area contributed by atoms with Crippen LogP contribution in [0.15, 0.2) is 65.8 Å². The van der Waals surface area contributed by atoms with E-state index in [0.717, 1.165) is 16.1 Å². The summed E-state index contributed by atoms with van der Waals surface area (Å²) >= 11 is 7.42. The highest BCUT2D eigenvalue weighted by atomic mass is 35.5. The Balaban J connectivity index is 1.52. The Bertz CT molecular complexity index is 1050. The van der Waals surface area contributed by atoms with Gasteiger partial charge in [0, 0.05) is 35.8 Å². The number of carbonyl (C=O) groups is 2. The minimum Gasteiger partial charge on any atom is -0.342 e. The lowest BCUT2D eigenvalue weighted by Gasteiger charge is -2.25. The number of rotatable bonds is 5. The normalized spacial score (nSPS) is 16.6. The number of aromatic nitrogens is 2. The highest BCUT2D eigenvalue weighted by molar-refractivity contribution is 8.01. The van der Waals surface area contributed by atoms with E-state index < -0.39 is 11.3 Å². The van der Waals surface area contributed by atoms with Gasteiger partial charge in [-0.15, -0.1) is 11.8 Å². The molecule has 2 heterocycles. The van der Waals surface area contributed by atoms with Crippen LogP contribution in [0.2, 0.25) is 5.02 Å². The van der Waals surface area contributed by atoms with Gasteiger partial charge in [0.2, 0.25) is 11.8 Å². The average Bonchev–Trinajstić information content (AvgIpc) is 3.13. The number of nitrogens with zero attached hydrogens (tertiary/aromatic N) is 2. The molecule has 1 aliphatic rings. The van der Waals surface area contributed by atoms with Crippen LogP contribution in [0, 0.1) is 0 Å². The molecule has 2 amide bonds. The maximum atomic E-state index is 12.9. The fourth-order valence-corrected chi connectivity index (χ4v) is 4.46. The number of anilines is 1. The number of fused-ring (bicyclic) bond motifs is 1. The monoisotopic (exact) mass is 426 g/mol. The van der Waals surface area contributed by atoms with Crippen LogP contribution in [0.1, 0.15) is 23.9 Å². The minimum atomic E-state index is -0.489. The van der Waals surface area contributed by atoms with Gasteiger partial charge >= 0.3 is 0 Å². The lowest BCUT2D eigenvalue weighted by molar-refractivity contribution is -0.124. The molecule has 6 nitrogen and oxygen atoms in total. The van der Waals surface area contributed by atoms with Crippen molar-refractivity contribution in [2.75, 3.05) is 5.32 Å². The molecule has 0 radical (unpaired) electrons. The van der Waals surface area contributed by atoms with Gasteiger partial charge in [-0.2, -0.15) is 0 Å². The zero-order chi connectivity index (χ0) is 20.4. The van der Waals surface area contributed by atoms with Crippen molar-refractivity contribution in [1.29, 1.82) is 0 Å². The number of aryl methyl sites for hydroxylation is 1. The van der Waals surface area contributed by atoms with Gasteiger partial charge in [-0.3, -0.25) is 9.59 Å². The van der Waals surface area contributed by atoms with Crippen molar-refractivity contribution in [1.82, 2.24) is 14.9 Å². The molecule has 0 saturated heterocycles. The summed E-state index contributed by atoms with van der Waals surface area (Å²) in [6.45, 7) is 0. The fraction of sp³-hybridized carbons (Fsp3) is 0.190. The van der Waals surface area contributed by atoms with E-state index in [1.807, 2.05) is 54.2 Å². The van der Waals surface area contributed by atoms with Crippen molar-refractivity contribution in [3.63, 3.8) is 0 Å². The van der Waals surface area contributed by atoms with Crippen LogP contribution in [0.4, 0.5) is 5.69 Å². The zero-order valence-corrected chi connectivity index (χ0v) is 17.2. The number of hydrogen-bond donors (Lipinski definition) is 2. The van der Waals surface area contributed by atoms with Gasteiger partial charge in [0.05, 0.1) is 10.9 Å². The van der Waals surface area contributed by atoms with Crippen molar-refractivity contribution in [2.45, 2.75) is 22.6 Å². The van der Waals surface area contributed by atoms with Crippen LogP contribution < -0.4 is 10.6 Å². The first-order valence-electron chi connectivity index (χ1n) is 9.10. The molecule has 0 fully saturated rings. The summed E-state index contributed by atoms with van der Waals surface area (Å²) in [5, 5.41) is 6.03. The van der Waals surface area contributed by atoms with Gasteiger partial charge in [0.25, 0.3) is 0 Å². The van der Waals surface area contributed by atoms with Crippen LogP contribution in [-0.2, 0) is 16.6 Å². The van der Waals surface area contributed by atoms with Gasteiger partial charge in [0.15, 0.2) is 0 Å². The van der Waals surface area contributed by atoms with Crippen LogP contribution >= 0.6 is 23.4 Å². The Morgan fingerprint density at radius 1 is 1.28 bits per heavy atom. The smallest absolute Gasteiger partial charge is 0.238 e. The largest absolute Gasteiger partial charge is 0.342 e. The molecular weight excluding hydrogens is 408 g/mol. The number of imidazole rings is 1. The number of hydrogen-bond acceptors (Lipinski definition) is 4. The van der Waals surface area contributed by atoms with Crippen molar-refractivity contribution < 1.29 is 9.59 Å². The van der Waals surface area contributed by atoms with Crippen LogP contribution in [-0.4, -0.2) is 26.6 Å². The topological polar surface area (TPSA) is 76.0 Å². The molecule has 2 atom stereocenters. The minimum absolute atomic E-state index is 0.0688. The Labute approximate surface area is 177 Å². The summed E-state index contributed by atoms with van der Waals surface area (Å²) in [5.74, 6) is 0.315. The van der Waals surface area contributed by atoms with E-state index in [1.165, 1.54) is 11.8 Å². The van der Waals surface area contributed by atoms with Gasteiger partial charge in [-0.1, -0.05) is 35.9 Å². The summed E-state index contributed by atoms with van der Waals surface area (Å²) < 4.78 is 1.86. The molecule has 1 aliphatic heterocycles. The van der Waals surface area contributed by atoms with E-state index in [4.69, 9.17) is 11.6 Å². The van der Waals surface area contributed by atoms with E-state index in [-0.39, 0.29) is 18.2 Å². The number of para-hydroxylation sites is 1. The van der Waals surface area contributed by atoms with Gasteiger partial charge in [0.1, 0.15) is 11.9 Å². The Morgan fingerprint density at radius 2 is 2.03 bits per heavy atom. The number of amides is 2. The molecule has 0 bridgehead atoms. The molecule has 2 N–H and O–H groups in total. The predicted octanol–water partition coefficient (Wildman–Crippen LogP) is 3.78. The summed E-state index contributed by atoms with van der Waals surface area (Å²) in [6, 6.07) is 14.4. The summed E-state index contributed by atoms with van der Waals surface area (Å²) in [7, 11) is 1.87. The number of thioether (sulfide) groups is 1. The van der Waals surface area contributed by atoms with E-state index in [2.05, 4.69) is 15.6 Å².